The molecule has 0 aliphatic rings. The first-order valence-electron chi connectivity index (χ1n) is 5.91. The van der Waals surface area contributed by atoms with Crippen molar-refractivity contribution in [3.63, 3.8) is 0 Å². The summed E-state index contributed by atoms with van der Waals surface area (Å²) in [6.45, 7) is 6.57. The molecule has 0 aliphatic heterocycles. The van der Waals surface area contributed by atoms with E-state index in [1.165, 1.54) is 16.1 Å². The van der Waals surface area contributed by atoms with E-state index in [0.717, 1.165) is 16.6 Å². The van der Waals surface area contributed by atoms with Gasteiger partial charge in [0.2, 0.25) is 0 Å². The number of nitrogen functional groups attached to an aromatic ring is 1. The quantitative estimate of drug-likeness (QED) is 0.840. The molecule has 0 spiro atoms. The normalized spacial score (nSPS) is 11.2. The summed E-state index contributed by atoms with van der Waals surface area (Å²) in [6.07, 6.45) is 0.891. The number of aromatic amines is 1. The lowest BCUT2D eigenvalue weighted by Gasteiger charge is -2.15. The number of halogens is 2. The number of benzene rings is 1. The van der Waals surface area contributed by atoms with Gasteiger partial charge in [0, 0.05) is 16.9 Å². The molecule has 0 bridgehead atoms. The van der Waals surface area contributed by atoms with Crippen molar-refractivity contribution in [2.75, 3.05) is 5.73 Å². The molecule has 1 aromatic heterocycles. The third kappa shape index (κ3) is 4.20. The van der Waals surface area contributed by atoms with E-state index in [-0.39, 0.29) is 22.4 Å². The molecule has 2 rings (SSSR count). The van der Waals surface area contributed by atoms with Gasteiger partial charge in [0.1, 0.15) is 5.69 Å². The summed E-state index contributed by atoms with van der Waals surface area (Å²) < 4.78 is 0. The molecule has 0 unspecified atom stereocenters. The molecule has 1 aromatic carbocycles. The van der Waals surface area contributed by atoms with Gasteiger partial charge in [0.25, 0.3) is 0 Å². The maximum absolute atomic E-state index is 5.90. The summed E-state index contributed by atoms with van der Waals surface area (Å²) in [5.74, 6) is 0. The minimum atomic E-state index is 0. The van der Waals surface area contributed by atoms with Crippen LogP contribution in [0.5, 0.6) is 0 Å². The summed E-state index contributed by atoms with van der Waals surface area (Å²) in [6, 6.07) is 7.97. The molecule has 2 aromatic rings. The van der Waals surface area contributed by atoms with E-state index in [1.807, 2.05) is 12.1 Å². The van der Waals surface area contributed by atoms with Gasteiger partial charge in [-0.15, -0.1) is 0 Å². The average molecular weight is 362 g/mol. The maximum atomic E-state index is 5.90. The highest BCUT2D eigenvalue weighted by molar-refractivity contribution is 7.15. The van der Waals surface area contributed by atoms with Crippen LogP contribution in [0.4, 0.5) is 5.13 Å². The van der Waals surface area contributed by atoms with E-state index < -0.39 is 0 Å². The van der Waals surface area contributed by atoms with Crippen molar-refractivity contribution in [1.29, 1.82) is 0 Å². The average Bonchev–Trinajstić information content (AvgIpc) is 2.63. The van der Waals surface area contributed by atoms with E-state index in [2.05, 4.69) is 37.9 Å². The van der Waals surface area contributed by atoms with E-state index in [1.54, 1.807) is 11.3 Å². The smallest absolute Gasteiger partial charge is 0.329 e. The van der Waals surface area contributed by atoms with Gasteiger partial charge in [-0.25, -0.2) is 4.98 Å². The topological polar surface area (TPSA) is 40.2 Å². The van der Waals surface area contributed by atoms with Crippen LogP contribution in [0.25, 0.3) is 0 Å². The summed E-state index contributed by atoms with van der Waals surface area (Å²) in [5, 5.41) is 1.54. The number of H-pyrrole nitrogens is 1. The molecule has 0 saturated heterocycles. The first-order valence-corrected chi connectivity index (χ1v) is 7.11. The highest BCUT2D eigenvalue weighted by Crippen LogP contribution is 2.29. The lowest BCUT2D eigenvalue weighted by atomic mass is 9.90. The van der Waals surface area contributed by atoms with Crippen molar-refractivity contribution in [1.82, 2.24) is 0 Å². The van der Waals surface area contributed by atoms with E-state index in [9.17, 15) is 0 Å². The third-order valence-electron chi connectivity index (χ3n) is 2.79. The second-order valence-corrected chi connectivity index (χ2v) is 7.02. The predicted molar refractivity (Wildman–Crippen MR) is 78.2 cm³/mol. The van der Waals surface area contributed by atoms with Crippen molar-refractivity contribution in [3.8, 4) is 0 Å². The Morgan fingerprint density at radius 2 is 1.79 bits per heavy atom. The molecule has 0 saturated carbocycles. The van der Waals surface area contributed by atoms with Gasteiger partial charge in [-0.2, -0.15) is 0 Å². The minimum absolute atomic E-state index is 0. The monoisotopic (exact) mass is 360 g/mol. The molecule has 0 amide bonds. The Kier molecular flexibility index (Phi) is 5.42. The van der Waals surface area contributed by atoms with Crippen LogP contribution < -0.4 is 27.7 Å². The van der Waals surface area contributed by atoms with Crippen LogP contribution in [0, 0.1) is 0 Å². The molecule has 2 nitrogen and oxygen atoms in total. The molecular formula is C14H18BrClN2S. The summed E-state index contributed by atoms with van der Waals surface area (Å²) in [5.41, 5.74) is 8.45. The van der Waals surface area contributed by atoms with Crippen molar-refractivity contribution in [3.05, 3.63) is 45.4 Å². The number of anilines is 1. The van der Waals surface area contributed by atoms with Gasteiger partial charge >= 0.3 is 5.13 Å². The number of aromatic nitrogens is 1. The fourth-order valence-corrected chi connectivity index (χ4v) is 3.16. The fourth-order valence-electron chi connectivity index (χ4n) is 1.92. The standard InChI is InChI=1S/C14H17ClN2S.BrH/c1-14(2,3)12-11(18-13(16)17-12)8-9-4-6-10(15)7-5-9;/h4-7H,8H2,1-3H3,(H2,16,17);1H. The van der Waals surface area contributed by atoms with Gasteiger partial charge in [-0.05, 0) is 17.7 Å². The number of nitrogens with two attached hydrogens (primary N) is 1. The molecule has 1 heterocycles. The van der Waals surface area contributed by atoms with Crippen LogP contribution >= 0.6 is 22.9 Å². The van der Waals surface area contributed by atoms with Crippen LogP contribution in [0.2, 0.25) is 5.02 Å². The Balaban J connectivity index is 0.00000180. The highest BCUT2D eigenvalue weighted by Gasteiger charge is 2.25. The Labute approximate surface area is 133 Å². The summed E-state index contributed by atoms with van der Waals surface area (Å²) >= 11 is 7.53. The van der Waals surface area contributed by atoms with E-state index in [0.29, 0.717) is 0 Å². The van der Waals surface area contributed by atoms with Crippen LogP contribution in [-0.4, -0.2) is 0 Å². The van der Waals surface area contributed by atoms with E-state index >= 15 is 0 Å². The SMILES string of the molecule is CC(C)(C)c1[nH+]c(N)sc1Cc1ccc(Cl)cc1.[Br-]. The molecule has 0 fully saturated rings. The maximum Gasteiger partial charge on any atom is 0.329 e. The molecule has 3 N–H and O–H groups in total. The number of hydrogen-bond acceptors (Lipinski definition) is 2. The molecule has 0 radical (unpaired) electrons. The number of rotatable bonds is 2. The predicted octanol–water partition coefficient (Wildman–Crippen LogP) is 0.690. The first-order chi connectivity index (χ1) is 8.36. The zero-order valence-corrected chi connectivity index (χ0v) is 14.4. The molecule has 104 valence electrons. The van der Waals surface area contributed by atoms with Crippen LogP contribution in [0.15, 0.2) is 24.3 Å². The van der Waals surface area contributed by atoms with Crippen LogP contribution in [-0.2, 0) is 11.8 Å². The van der Waals surface area contributed by atoms with Gasteiger partial charge in [0.15, 0.2) is 0 Å². The molecule has 5 heteroatoms. The Morgan fingerprint density at radius 3 is 2.32 bits per heavy atom. The van der Waals surface area contributed by atoms with Gasteiger partial charge in [-0.3, -0.25) is 5.73 Å². The lowest BCUT2D eigenvalue weighted by Crippen LogP contribution is -3.00. The fraction of sp³-hybridized carbons (Fsp3) is 0.357. The molecule has 0 aliphatic carbocycles. The molecular weight excluding hydrogens is 344 g/mol. The minimum Gasteiger partial charge on any atom is -1.00 e. The van der Waals surface area contributed by atoms with Gasteiger partial charge < -0.3 is 17.0 Å². The van der Waals surface area contributed by atoms with Gasteiger partial charge in [0.05, 0.1) is 4.88 Å². The number of hydrogen-bond donors (Lipinski definition) is 1. The Morgan fingerprint density at radius 1 is 1.21 bits per heavy atom. The summed E-state index contributed by atoms with van der Waals surface area (Å²) in [4.78, 5) is 4.58. The van der Waals surface area contributed by atoms with Crippen molar-refractivity contribution < 1.29 is 22.0 Å². The zero-order valence-electron chi connectivity index (χ0n) is 11.3. The number of thiazole rings is 1. The third-order valence-corrected chi connectivity index (χ3v) is 3.96. The first kappa shape index (κ1) is 16.5. The van der Waals surface area contributed by atoms with Crippen LogP contribution in [0.1, 0.15) is 36.9 Å². The Bertz CT molecular complexity index is 544. The highest BCUT2D eigenvalue weighted by atomic mass is 79.9. The van der Waals surface area contributed by atoms with Gasteiger partial charge in [-0.1, -0.05) is 55.8 Å². The van der Waals surface area contributed by atoms with E-state index in [4.69, 9.17) is 17.3 Å². The van der Waals surface area contributed by atoms with Crippen molar-refractivity contribution in [2.45, 2.75) is 32.6 Å². The second-order valence-electron chi connectivity index (χ2n) is 5.44. The van der Waals surface area contributed by atoms with Crippen LogP contribution in [0.3, 0.4) is 0 Å². The second kappa shape index (κ2) is 6.25. The largest absolute Gasteiger partial charge is 1.00 e. The summed E-state index contributed by atoms with van der Waals surface area (Å²) in [7, 11) is 0. The molecule has 0 atom stereocenters. The molecule has 19 heavy (non-hydrogen) atoms. The number of nitrogens with one attached hydrogen (secondary N) is 1. The Hall–Kier alpha value is -0.580. The lowest BCUT2D eigenvalue weighted by molar-refractivity contribution is -0.373. The van der Waals surface area contributed by atoms with Crippen molar-refractivity contribution >= 4 is 28.1 Å². The van der Waals surface area contributed by atoms with Crippen molar-refractivity contribution in [2.24, 2.45) is 0 Å². The zero-order chi connectivity index (χ0) is 13.3.